The first-order valence-corrected chi connectivity index (χ1v) is 11.0. The average molecular weight is 464 g/mol. The van der Waals surface area contributed by atoms with Crippen molar-refractivity contribution in [3.05, 3.63) is 70.2 Å². The molecular weight excluding hydrogens is 445 g/mol. The van der Waals surface area contributed by atoms with Crippen LogP contribution in [0.15, 0.2) is 49.1 Å². The third-order valence-corrected chi connectivity index (χ3v) is 6.35. The summed E-state index contributed by atoms with van der Waals surface area (Å²) in [5.41, 5.74) is 4.43. The molecule has 0 saturated carbocycles. The molecule has 1 aliphatic heterocycles. The smallest absolute Gasteiger partial charge is 0.137 e. The highest BCUT2D eigenvalue weighted by Crippen LogP contribution is 2.34. The lowest BCUT2D eigenvalue weighted by atomic mass is 10.0. The number of aromatic nitrogens is 4. The quantitative estimate of drug-likeness (QED) is 0.368. The molecule has 1 aliphatic rings. The molecule has 160 valence electrons. The first-order chi connectivity index (χ1) is 15.6. The summed E-state index contributed by atoms with van der Waals surface area (Å²) in [6.07, 6.45) is 11.3. The Morgan fingerprint density at radius 2 is 1.97 bits per heavy atom. The number of hydrogen-bond acceptors (Lipinski definition) is 4. The van der Waals surface area contributed by atoms with Crippen LogP contribution in [-0.4, -0.2) is 33.0 Å². The Morgan fingerprint density at radius 3 is 2.72 bits per heavy atom. The number of aromatic amines is 1. The molecule has 5 rings (SSSR count). The molecule has 32 heavy (non-hydrogen) atoms. The van der Waals surface area contributed by atoms with E-state index in [0.717, 1.165) is 53.8 Å². The first-order valence-electron chi connectivity index (χ1n) is 10.3. The molecule has 3 aromatic heterocycles. The first kappa shape index (κ1) is 20.8. The van der Waals surface area contributed by atoms with E-state index >= 15 is 0 Å². The fourth-order valence-corrected chi connectivity index (χ4v) is 4.61. The highest BCUT2D eigenvalue weighted by Gasteiger charge is 2.17. The van der Waals surface area contributed by atoms with Crippen molar-refractivity contribution in [2.75, 3.05) is 13.2 Å². The summed E-state index contributed by atoms with van der Waals surface area (Å²) >= 11 is 12.6. The van der Waals surface area contributed by atoms with Crippen molar-refractivity contribution in [3.8, 4) is 17.2 Å². The number of allylic oxidation sites excluding steroid dienone is 1. The molecule has 0 spiro atoms. The number of hydrogen-bond donors (Lipinski definition) is 1. The number of benzene rings is 1. The van der Waals surface area contributed by atoms with E-state index in [2.05, 4.69) is 33.4 Å². The second kappa shape index (κ2) is 8.79. The van der Waals surface area contributed by atoms with Gasteiger partial charge >= 0.3 is 0 Å². The van der Waals surface area contributed by atoms with E-state index in [0.29, 0.717) is 27.2 Å². The number of fused-ring (bicyclic) bond motifs is 1. The summed E-state index contributed by atoms with van der Waals surface area (Å²) in [6.45, 7) is 1.53. The molecule has 1 aromatic carbocycles. The number of halogens is 2. The van der Waals surface area contributed by atoms with Crippen molar-refractivity contribution in [2.24, 2.45) is 0 Å². The highest BCUT2D eigenvalue weighted by molar-refractivity contribution is 6.38. The zero-order chi connectivity index (χ0) is 22.1. The van der Waals surface area contributed by atoms with Crippen LogP contribution in [-0.2, 0) is 4.74 Å². The number of rotatable bonds is 4. The lowest BCUT2D eigenvalue weighted by Crippen LogP contribution is -2.19. The second-order valence-corrected chi connectivity index (χ2v) is 8.50. The summed E-state index contributed by atoms with van der Waals surface area (Å²) in [6, 6.07) is 9.84. The maximum atomic E-state index is 9.78. The van der Waals surface area contributed by atoms with Crippen LogP contribution in [0.1, 0.15) is 30.0 Å². The molecule has 0 unspecified atom stereocenters. The lowest BCUT2D eigenvalue weighted by Gasteiger charge is -2.22. The number of nitrogens with one attached hydrogen (secondary N) is 1. The minimum absolute atomic E-state index is 0.360. The van der Waals surface area contributed by atoms with E-state index in [1.54, 1.807) is 24.3 Å². The van der Waals surface area contributed by atoms with Gasteiger partial charge in [-0.05, 0) is 37.1 Å². The van der Waals surface area contributed by atoms with Gasteiger partial charge in [0.1, 0.15) is 5.65 Å². The molecule has 0 aliphatic carbocycles. The van der Waals surface area contributed by atoms with E-state index in [1.807, 2.05) is 23.3 Å². The minimum atomic E-state index is 0.360. The maximum Gasteiger partial charge on any atom is 0.137 e. The number of H-pyrrole nitrogens is 1. The van der Waals surface area contributed by atoms with Crippen LogP contribution in [0.5, 0.6) is 0 Å². The predicted molar refractivity (Wildman–Crippen MR) is 126 cm³/mol. The molecule has 0 atom stereocenters. The summed E-state index contributed by atoms with van der Waals surface area (Å²) in [4.78, 5) is 7.73. The van der Waals surface area contributed by atoms with E-state index in [9.17, 15) is 5.26 Å². The van der Waals surface area contributed by atoms with Crippen LogP contribution in [0.2, 0.25) is 10.0 Å². The fourth-order valence-electron chi connectivity index (χ4n) is 4.01. The van der Waals surface area contributed by atoms with Gasteiger partial charge in [-0.25, -0.2) is 4.98 Å². The third kappa shape index (κ3) is 3.91. The van der Waals surface area contributed by atoms with E-state index in [4.69, 9.17) is 27.9 Å². The van der Waals surface area contributed by atoms with Crippen LogP contribution in [0.3, 0.4) is 0 Å². The van der Waals surface area contributed by atoms with Gasteiger partial charge in [-0.1, -0.05) is 29.3 Å². The zero-order valence-corrected chi connectivity index (χ0v) is 18.6. The highest BCUT2D eigenvalue weighted by atomic mass is 35.5. The van der Waals surface area contributed by atoms with E-state index in [1.165, 1.54) is 0 Å². The Labute approximate surface area is 195 Å². The fraction of sp³-hybridized carbons (Fsp3) is 0.208. The molecule has 6 nitrogen and oxygen atoms in total. The molecule has 1 saturated heterocycles. The van der Waals surface area contributed by atoms with Gasteiger partial charge in [-0.2, -0.15) is 10.4 Å². The van der Waals surface area contributed by atoms with Crippen LogP contribution in [0, 0.1) is 11.3 Å². The minimum Gasteiger partial charge on any atom is -0.381 e. The summed E-state index contributed by atoms with van der Waals surface area (Å²) in [5.74, 6) is 0. The standard InChI is InChI=1S/C24H19Cl2N5O/c25-21-2-1-3-22(26)23(21)15(10-27)8-17-12-29-24-20(17)9-16(11-28-24)18-13-30-31(14-18)19-4-6-32-7-5-19/h1-3,8-9,11-14,19H,4-7H2,(H,28,29). The van der Waals surface area contributed by atoms with Crippen LogP contribution >= 0.6 is 23.2 Å². The number of nitrogens with zero attached hydrogens (tertiary/aromatic N) is 4. The maximum absolute atomic E-state index is 9.78. The van der Waals surface area contributed by atoms with Crippen molar-refractivity contribution < 1.29 is 4.74 Å². The van der Waals surface area contributed by atoms with E-state index in [-0.39, 0.29) is 0 Å². The molecule has 4 heterocycles. The van der Waals surface area contributed by atoms with Gasteiger partial charge in [0.15, 0.2) is 0 Å². The normalized spacial score (nSPS) is 15.2. The third-order valence-electron chi connectivity index (χ3n) is 5.72. The molecule has 0 amide bonds. The number of ether oxygens (including phenoxy) is 1. The molecule has 1 fully saturated rings. The summed E-state index contributed by atoms with van der Waals surface area (Å²) in [7, 11) is 0. The van der Waals surface area contributed by atoms with Gasteiger partial charge in [-0.3, -0.25) is 4.68 Å². The van der Waals surface area contributed by atoms with Gasteiger partial charge in [0.05, 0.1) is 33.9 Å². The van der Waals surface area contributed by atoms with E-state index < -0.39 is 0 Å². The Morgan fingerprint density at radius 1 is 1.19 bits per heavy atom. The molecule has 1 N–H and O–H groups in total. The van der Waals surface area contributed by atoms with Crippen LogP contribution < -0.4 is 0 Å². The van der Waals surface area contributed by atoms with Gasteiger partial charge in [-0.15, -0.1) is 0 Å². The average Bonchev–Trinajstić information content (AvgIpc) is 3.46. The number of pyridine rings is 1. The second-order valence-electron chi connectivity index (χ2n) is 7.68. The van der Waals surface area contributed by atoms with Crippen molar-refractivity contribution in [3.63, 3.8) is 0 Å². The lowest BCUT2D eigenvalue weighted by molar-refractivity contribution is 0.0662. The zero-order valence-electron chi connectivity index (χ0n) is 17.1. The Kier molecular flexibility index (Phi) is 5.71. The molecular formula is C24H19Cl2N5O. The molecule has 4 aromatic rings. The molecule has 0 bridgehead atoms. The van der Waals surface area contributed by atoms with Crippen molar-refractivity contribution in [2.45, 2.75) is 18.9 Å². The largest absolute Gasteiger partial charge is 0.381 e. The van der Waals surface area contributed by atoms with Gasteiger partial charge in [0.25, 0.3) is 0 Å². The predicted octanol–water partition coefficient (Wildman–Crippen LogP) is 6.15. The van der Waals surface area contributed by atoms with Crippen LogP contribution in [0.25, 0.3) is 33.8 Å². The Balaban J connectivity index is 1.53. The topological polar surface area (TPSA) is 79.5 Å². The Hall–Kier alpha value is -3.11. The SMILES string of the molecule is N#CC(=Cc1c[nH]c2ncc(-c3cnn(C4CCOCC4)c3)cc12)c1c(Cl)cccc1Cl. The molecule has 0 radical (unpaired) electrons. The number of nitriles is 1. The Bertz CT molecular complexity index is 1340. The van der Waals surface area contributed by atoms with Gasteiger partial charge in [0.2, 0.25) is 0 Å². The van der Waals surface area contributed by atoms with Crippen molar-refractivity contribution in [1.29, 1.82) is 5.26 Å². The van der Waals surface area contributed by atoms with Gasteiger partial charge in [0, 0.05) is 59.4 Å². The van der Waals surface area contributed by atoms with Crippen molar-refractivity contribution >= 4 is 45.9 Å². The summed E-state index contributed by atoms with van der Waals surface area (Å²) < 4.78 is 7.47. The molecule has 8 heteroatoms. The van der Waals surface area contributed by atoms with Crippen LogP contribution in [0.4, 0.5) is 0 Å². The monoisotopic (exact) mass is 463 g/mol. The van der Waals surface area contributed by atoms with Gasteiger partial charge < -0.3 is 9.72 Å². The van der Waals surface area contributed by atoms with Crippen molar-refractivity contribution in [1.82, 2.24) is 19.7 Å². The summed E-state index contributed by atoms with van der Waals surface area (Å²) in [5, 5.41) is 16.1.